The second kappa shape index (κ2) is 4.14. The molecule has 2 aromatic rings. The van der Waals surface area contributed by atoms with E-state index in [9.17, 15) is 9.59 Å². The van der Waals surface area contributed by atoms with Gasteiger partial charge < -0.3 is 5.73 Å². The number of anilines is 1. The highest BCUT2D eigenvalue weighted by Crippen LogP contribution is 2.07. The van der Waals surface area contributed by atoms with Crippen molar-refractivity contribution in [1.29, 1.82) is 0 Å². The largest absolute Gasteiger partial charge is 0.379 e. The Labute approximate surface area is 103 Å². The van der Waals surface area contributed by atoms with Gasteiger partial charge in [-0.25, -0.2) is 4.79 Å². The maximum Gasteiger partial charge on any atom is 0.328 e. The number of nitrogens with one attached hydrogen (secondary N) is 2. The van der Waals surface area contributed by atoms with E-state index in [2.05, 4.69) is 9.97 Å². The van der Waals surface area contributed by atoms with Crippen molar-refractivity contribution in [3.8, 4) is 5.69 Å². The van der Waals surface area contributed by atoms with Gasteiger partial charge in [-0.3, -0.25) is 14.8 Å². The molecule has 2 aromatic heterocycles. The van der Waals surface area contributed by atoms with Crippen molar-refractivity contribution in [2.24, 2.45) is 0 Å². The van der Waals surface area contributed by atoms with Crippen LogP contribution in [0.1, 0.15) is 17.0 Å². The fraction of sp³-hybridized carbons (Fsp3) is 0.250. The maximum absolute atomic E-state index is 11.9. The van der Waals surface area contributed by atoms with Crippen molar-refractivity contribution < 1.29 is 4.57 Å². The average Bonchev–Trinajstić information content (AvgIpc) is 2.20. The Kier molecular flexibility index (Phi) is 2.78. The van der Waals surface area contributed by atoms with Gasteiger partial charge in [0, 0.05) is 26.0 Å². The summed E-state index contributed by atoms with van der Waals surface area (Å²) >= 11 is 0. The molecule has 0 saturated carbocycles. The Bertz CT molecular complexity index is 705. The second-order valence-electron chi connectivity index (χ2n) is 4.32. The van der Waals surface area contributed by atoms with Crippen LogP contribution in [0, 0.1) is 20.8 Å². The van der Waals surface area contributed by atoms with E-state index in [1.54, 1.807) is 4.57 Å². The molecule has 18 heavy (non-hydrogen) atoms. The van der Waals surface area contributed by atoms with Crippen LogP contribution in [-0.4, -0.2) is 9.97 Å². The molecule has 6 nitrogen and oxygen atoms in total. The van der Waals surface area contributed by atoms with E-state index in [1.807, 2.05) is 32.9 Å². The molecule has 0 fully saturated rings. The number of aromatic amines is 2. The summed E-state index contributed by atoms with van der Waals surface area (Å²) in [5.41, 5.74) is 7.71. The van der Waals surface area contributed by atoms with Crippen molar-refractivity contribution in [3.63, 3.8) is 0 Å². The summed E-state index contributed by atoms with van der Waals surface area (Å²) in [6, 6.07) is 3.88. The molecule has 0 atom stereocenters. The zero-order valence-corrected chi connectivity index (χ0v) is 10.5. The molecule has 0 aromatic carbocycles. The smallest absolute Gasteiger partial charge is 0.328 e. The van der Waals surface area contributed by atoms with Gasteiger partial charge >= 0.3 is 16.9 Å². The van der Waals surface area contributed by atoms with Gasteiger partial charge in [-0.05, 0) is 12.5 Å². The molecule has 0 unspecified atom stereocenters. The predicted molar refractivity (Wildman–Crippen MR) is 67.8 cm³/mol. The first-order valence-electron chi connectivity index (χ1n) is 5.52. The van der Waals surface area contributed by atoms with Crippen molar-refractivity contribution in [2.45, 2.75) is 20.8 Å². The van der Waals surface area contributed by atoms with Gasteiger partial charge in [-0.15, -0.1) is 0 Å². The third kappa shape index (κ3) is 1.92. The zero-order chi connectivity index (χ0) is 13.4. The highest BCUT2D eigenvalue weighted by atomic mass is 16.2. The minimum absolute atomic E-state index is 0.0591. The molecule has 6 heteroatoms. The summed E-state index contributed by atoms with van der Waals surface area (Å²) in [4.78, 5) is 27.6. The Morgan fingerprint density at radius 2 is 1.61 bits per heavy atom. The molecule has 0 aliphatic heterocycles. The fourth-order valence-corrected chi connectivity index (χ4v) is 2.18. The molecule has 0 radical (unpaired) electrons. The van der Waals surface area contributed by atoms with Gasteiger partial charge in [0.15, 0.2) is 17.2 Å². The minimum atomic E-state index is -0.607. The van der Waals surface area contributed by atoms with Crippen LogP contribution in [0.3, 0.4) is 0 Å². The van der Waals surface area contributed by atoms with E-state index in [4.69, 9.17) is 5.73 Å². The number of aryl methyl sites for hydroxylation is 3. The van der Waals surface area contributed by atoms with Crippen LogP contribution in [-0.2, 0) is 0 Å². The minimum Gasteiger partial charge on any atom is -0.379 e. The molecule has 0 spiro atoms. The quantitative estimate of drug-likeness (QED) is 0.611. The molecular formula is C12H15N4O2+. The molecule has 4 N–H and O–H groups in total. The molecule has 0 aliphatic carbocycles. The van der Waals surface area contributed by atoms with Gasteiger partial charge in [0.05, 0.1) is 0 Å². The Balaban J connectivity index is 2.86. The van der Waals surface area contributed by atoms with Crippen LogP contribution in [0.15, 0.2) is 21.7 Å². The Hall–Kier alpha value is -2.37. The number of nitrogens with zero attached hydrogens (tertiary/aromatic N) is 1. The lowest BCUT2D eigenvalue weighted by molar-refractivity contribution is -0.610. The number of H-pyrrole nitrogens is 2. The number of pyridine rings is 1. The van der Waals surface area contributed by atoms with Gasteiger partial charge in [-0.2, -0.15) is 4.57 Å². The van der Waals surface area contributed by atoms with E-state index in [0.717, 1.165) is 17.0 Å². The fourth-order valence-electron chi connectivity index (χ4n) is 2.18. The Morgan fingerprint density at radius 1 is 1.06 bits per heavy atom. The molecule has 2 rings (SSSR count). The van der Waals surface area contributed by atoms with Gasteiger partial charge in [0.25, 0.3) is 0 Å². The predicted octanol–water partition coefficient (Wildman–Crippen LogP) is -0.153. The summed E-state index contributed by atoms with van der Waals surface area (Å²) < 4.78 is 1.72. The van der Waals surface area contributed by atoms with Crippen LogP contribution in [0.25, 0.3) is 5.69 Å². The highest BCUT2D eigenvalue weighted by molar-refractivity contribution is 5.43. The molecule has 0 aliphatic rings. The first-order valence-corrected chi connectivity index (χ1v) is 5.52. The lowest BCUT2D eigenvalue weighted by Crippen LogP contribution is -2.46. The van der Waals surface area contributed by atoms with Crippen molar-refractivity contribution in [1.82, 2.24) is 9.97 Å². The first-order chi connectivity index (χ1) is 8.40. The van der Waals surface area contributed by atoms with Crippen LogP contribution >= 0.6 is 0 Å². The number of hydrogen-bond acceptors (Lipinski definition) is 3. The van der Waals surface area contributed by atoms with Crippen LogP contribution in [0.4, 0.5) is 5.82 Å². The van der Waals surface area contributed by atoms with Gasteiger partial charge in [0.1, 0.15) is 0 Å². The molecular weight excluding hydrogens is 232 g/mol. The summed E-state index contributed by atoms with van der Waals surface area (Å²) in [7, 11) is 0. The monoisotopic (exact) mass is 247 g/mol. The van der Waals surface area contributed by atoms with Crippen LogP contribution < -0.4 is 21.5 Å². The van der Waals surface area contributed by atoms with Crippen molar-refractivity contribution >= 4 is 5.82 Å². The number of nitrogen functional groups attached to an aromatic ring is 1. The third-order valence-corrected chi connectivity index (χ3v) is 2.75. The average molecular weight is 247 g/mol. The lowest BCUT2D eigenvalue weighted by Gasteiger charge is -2.05. The van der Waals surface area contributed by atoms with Crippen LogP contribution in [0.2, 0.25) is 0 Å². The molecule has 0 bridgehead atoms. The normalized spacial score (nSPS) is 10.6. The number of hydrogen-bond donors (Lipinski definition) is 3. The summed E-state index contributed by atoms with van der Waals surface area (Å²) in [5, 5.41) is 0. The Morgan fingerprint density at radius 3 is 2.11 bits per heavy atom. The lowest BCUT2D eigenvalue weighted by atomic mass is 10.2. The van der Waals surface area contributed by atoms with Gasteiger partial charge in [0.2, 0.25) is 0 Å². The van der Waals surface area contributed by atoms with Crippen LogP contribution in [0.5, 0.6) is 0 Å². The summed E-state index contributed by atoms with van der Waals surface area (Å²) in [6.45, 7) is 5.73. The molecule has 0 amide bonds. The van der Waals surface area contributed by atoms with E-state index in [0.29, 0.717) is 0 Å². The van der Waals surface area contributed by atoms with E-state index < -0.39 is 11.2 Å². The van der Waals surface area contributed by atoms with Crippen molar-refractivity contribution in [2.75, 3.05) is 5.73 Å². The van der Waals surface area contributed by atoms with E-state index in [-0.39, 0.29) is 11.5 Å². The molecule has 0 saturated heterocycles. The standard InChI is InChI=1S/C12H14N4O2/c1-6-4-7(2)16(8(3)5-6)9-10(13)14-12(18)15-11(9)17/h4-5H,1-3H3,(H3-,13,14,15,17,18)/p+1. The van der Waals surface area contributed by atoms with E-state index >= 15 is 0 Å². The number of rotatable bonds is 1. The summed E-state index contributed by atoms with van der Waals surface area (Å²) in [5.74, 6) is 0.0591. The van der Waals surface area contributed by atoms with Gasteiger partial charge in [-0.1, -0.05) is 0 Å². The maximum atomic E-state index is 11.9. The topological polar surface area (TPSA) is 95.6 Å². The van der Waals surface area contributed by atoms with E-state index in [1.165, 1.54) is 0 Å². The second-order valence-corrected chi connectivity index (χ2v) is 4.32. The molecule has 2 heterocycles. The first kappa shape index (κ1) is 12.1. The highest BCUT2D eigenvalue weighted by Gasteiger charge is 2.22. The SMILES string of the molecule is Cc1cc(C)[n+](-c2c(N)[nH]c(=O)[nH]c2=O)c(C)c1. The zero-order valence-electron chi connectivity index (χ0n) is 10.5. The number of nitrogens with two attached hydrogens (primary N) is 1. The third-order valence-electron chi connectivity index (χ3n) is 2.75. The summed E-state index contributed by atoms with van der Waals surface area (Å²) in [6.07, 6.45) is 0. The number of aromatic nitrogens is 3. The van der Waals surface area contributed by atoms with Crippen molar-refractivity contribution in [3.05, 3.63) is 49.9 Å². The molecule has 94 valence electrons.